The molecule has 0 saturated heterocycles. The van der Waals surface area contributed by atoms with Gasteiger partial charge in [0.2, 0.25) is 0 Å². The van der Waals surface area contributed by atoms with E-state index in [4.69, 9.17) is 9.47 Å². The van der Waals surface area contributed by atoms with Gasteiger partial charge in [-0.25, -0.2) is 0 Å². The van der Waals surface area contributed by atoms with Crippen molar-refractivity contribution in [2.24, 2.45) is 0 Å². The molecule has 1 aliphatic carbocycles. The lowest BCUT2D eigenvalue weighted by Crippen LogP contribution is -2.12. The number of rotatable bonds is 16. The number of ether oxygens (including phenoxy) is 2. The van der Waals surface area contributed by atoms with Gasteiger partial charge in [0.25, 0.3) is 0 Å². The standard InChI is InChI=1S/C39H46N2O2.CH4/c1-5-8-10-12-14-22-42-31-17-20-33(29(7-3)24-31)38-28(4)36(26-40)37(27-41)35-19-16-30-25-32(18-21-34(30)39(35)38)43-23-15-13-11-9-6-2;/h6,17-18,20-21,24-25H,2,5,7-16,19,22-23H2,1,3-4H3;1H4. The maximum atomic E-state index is 10.2. The van der Waals surface area contributed by atoms with Crippen LogP contribution in [0.15, 0.2) is 49.1 Å². The van der Waals surface area contributed by atoms with Crippen molar-refractivity contribution in [2.75, 3.05) is 13.2 Å². The molecule has 0 spiro atoms. The summed E-state index contributed by atoms with van der Waals surface area (Å²) in [5, 5.41) is 20.4. The molecule has 4 rings (SSSR count). The lowest BCUT2D eigenvalue weighted by molar-refractivity contribution is 0.304. The molecule has 3 aromatic carbocycles. The molecule has 1 aliphatic rings. The van der Waals surface area contributed by atoms with E-state index >= 15 is 0 Å². The number of allylic oxidation sites excluding steroid dienone is 1. The molecule has 0 aliphatic heterocycles. The summed E-state index contributed by atoms with van der Waals surface area (Å²) in [6.45, 7) is 11.6. The highest BCUT2D eigenvalue weighted by atomic mass is 16.5. The van der Waals surface area contributed by atoms with Gasteiger partial charge in [-0.05, 0) is 127 Å². The zero-order valence-corrected chi connectivity index (χ0v) is 26.4. The highest BCUT2D eigenvalue weighted by molar-refractivity contribution is 5.94. The van der Waals surface area contributed by atoms with Gasteiger partial charge in [0, 0.05) is 0 Å². The Bertz CT molecular complexity index is 1510. The van der Waals surface area contributed by atoms with Crippen molar-refractivity contribution >= 4 is 0 Å². The molecule has 0 amide bonds. The second-order valence-electron chi connectivity index (χ2n) is 11.6. The maximum Gasteiger partial charge on any atom is 0.119 e. The summed E-state index contributed by atoms with van der Waals surface area (Å²) in [7, 11) is 0. The second-order valence-corrected chi connectivity index (χ2v) is 11.6. The lowest BCUT2D eigenvalue weighted by atomic mass is 9.75. The van der Waals surface area contributed by atoms with Crippen molar-refractivity contribution in [2.45, 2.75) is 105 Å². The first-order chi connectivity index (χ1) is 21.1. The number of benzene rings is 3. The van der Waals surface area contributed by atoms with Crippen LogP contribution in [0.4, 0.5) is 0 Å². The molecular weight excluding hydrogens is 540 g/mol. The Balaban J connectivity index is 0.00000529. The number of aryl methyl sites for hydroxylation is 2. The number of unbranched alkanes of at least 4 members (excludes halogenated alkanes) is 7. The first kappa shape index (κ1) is 34.5. The highest BCUT2D eigenvalue weighted by Gasteiger charge is 2.29. The Morgan fingerprint density at radius 2 is 1.41 bits per heavy atom. The minimum absolute atomic E-state index is 0. The average molecular weight is 591 g/mol. The van der Waals surface area contributed by atoms with Gasteiger partial charge in [0.15, 0.2) is 0 Å². The van der Waals surface area contributed by atoms with Crippen molar-refractivity contribution in [3.05, 3.63) is 82.4 Å². The van der Waals surface area contributed by atoms with E-state index in [2.05, 4.69) is 69.0 Å². The summed E-state index contributed by atoms with van der Waals surface area (Å²) in [5.74, 6) is 1.78. The monoisotopic (exact) mass is 590 g/mol. The Labute approximate surface area is 266 Å². The molecule has 0 unspecified atom stereocenters. The summed E-state index contributed by atoms with van der Waals surface area (Å²) >= 11 is 0. The van der Waals surface area contributed by atoms with Gasteiger partial charge < -0.3 is 9.47 Å². The van der Waals surface area contributed by atoms with Gasteiger partial charge in [-0.3, -0.25) is 0 Å². The number of hydrogen-bond acceptors (Lipinski definition) is 4. The van der Waals surface area contributed by atoms with Crippen LogP contribution in [0.25, 0.3) is 22.3 Å². The Morgan fingerprint density at radius 3 is 2.05 bits per heavy atom. The van der Waals surface area contributed by atoms with E-state index in [-0.39, 0.29) is 7.43 Å². The quantitative estimate of drug-likeness (QED) is 0.123. The van der Waals surface area contributed by atoms with E-state index in [0.717, 1.165) is 103 Å². The van der Waals surface area contributed by atoms with Crippen LogP contribution in [-0.4, -0.2) is 13.2 Å². The van der Waals surface area contributed by atoms with Crippen LogP contribution >= 0.6 is 0 Å². The minimum atomic E-state index is 0. The van der Waals surface area contributed by atoms with Crippen LogP contribution in [0.1, 0.15) is 112 Å². The smallest absolute Gasteiger partial charge is 0.119 e. The van der Waals surface area contributed by atoms with Crippen LogP contribution in [0.3, 0.4) is 0 Å². The molecule has 0 N–H and O–H groups in total. The third kappa shape index (κ3) is 7.92. The lowest BCUT2D eigenvalue weighted by Gasteiger charge is -2.28. The predicted octanol–water partition coefficient (Wildman–Crippen LogP) is 10.8. The minimum Gasteiger partial charge on any atom is -0.494 e. The summed E-state index contributed by atoms with van der Waals surface area (Å²) in [5.41, 5.74) is 9.67. The van der Waals surface area contributed by atoms with Crippen LogP contribution in [0.5, 0.6) is 11.5 Å². The summed E-state index contributed by atoms with van der Waals surface area (Å²) in [6, 6.07) is 17.5. The first-order valence-corrected chi connectivity index (χ1v) is 16.2. The zero-order valence-electron chi connectivity index (χ0n) is 26.4. The molecule has 0 radical (unpaired) electrons. The topological polar surface area (TPSA) is 66.0 Å². The van der Waals surface area contributed by atoms with E-state index in [0.29, 0.717) is 17.7 Å². The fourth-order valence-electron chi connectivity index (χ4n) is 6.29. The molecule has 44 heavy (non-hydrogen) atoms. The fourth-order valence-corrected chi connectivity index (χ4v) is 6.29. The van der Waals surface area contributed by atoms with E-state index in [1.807, 2.05) is 13.0 Å². The van der Waals surface area contributed by atoms with Crippen molar-refractivity contribution in [1.82, 2.24) is 0 Å². The Morgan fingerprint density at radius 1 is 0.773 bits per heavy atom. The van der Waals surface area contributed by atoms with Crippen LogP contribution < -0.4 is 9.47 Å². The highest BCUT2D eigenvalue weighted by Crippen LogP contribution is 2.47. The van der Waals surface area contributed by atoms with E-state index in [1.165, 1.54) is 36.8 Å². The molecule has 4 nitrogen and oxygen atoms in total. The summed E-state index contributed by atoms with van der Waals surface area (Å²) < 4.78 is 12.3. The molecular formula is C40H50N2O2. The third-order valence-electron chi connectivity index (χ3n) is 8.63. The van der Waals surface area contributed by atoms with E-state index < -0.39 is 0 Å². The molecule has 0 bridgehead atoms. The number of nitriles is 2. The number of fused-ring (bicyclic) bond motifs is 3. The Kier molecular flexibility index (Phi) is 13.6. The van der Waals surface area contributed by atoms with Gasteiger partial charge in [0.05, 0.1) is 24.3 Å². The predicted molar refractivity (Wildman–Crippen MR) is 183 cm³/mol. The largest absolute Gasteiger partial charge is 0.494 e. The van der Waals surface area contributed by atoms with Crippen LogP contribution in [0.2, 0.25) is 0 Å². The molecule has 3 aromatic rings. The second kappa shape index (κ2) is 17.3. The molecule has 0 heterocycles. The van der Waals surface area contributed by atoms with Gasteiger partial charge >= 0.3 is 0 Å². The molecule has 4 heteroatoms. The van der Waals surface area contributed by atoms with Crippen LogP contribution in [-0.2, 0) is 19.3 Å². The fraction of sp³-hybridized carbons (Fsp3) is 0.450. The van der Waals surface area contributed by atoms with Crippen molar-refractivity contribution in [1.29, 1.82) is 10.5 Å². The molecule has 0 fully saturated rings. The first-order valence-electron chi connectivity index (χ1n) is 16.2. The zero-order chi connectivity index (χ0) is 30.6. The summed E-state index contributed by atoms with van der Waals surface area (Å²) in [4.78, 5) is 0. The van der Waals surface area contributed by atoms with Gasteiger partial charge in [-0.2, -0.15) is 10.5 Å². The van der Waals surface area contributed by atoms with Crippen molar-refractivity contribution in [3.63, 3.8) is 0 Å². The SMILES string of the molecule is C.C=CCCCCCOc1ccc2c(c1)CCc1c(C#N)c(C#N)c(C)c(-c3ccc(OCCCCCCC)cc3CC)c1-2. The third-order valence-corrected chi connectivity index (χ3v) is 8.63. The Hall–Kier alpha value is -4.02. The molecule has 232 valence electrons. The van der Waals surface area contributed by atoms with Gasteiger partial charge in [-0.1, -0.05) is 65.2 Å². The molecule has 0 aromatic heterocycles. The molecule has 0 saturated carbocycles. The maximum absolute atomic E-state index is 10.2. The number of nitrogens with zero attached hydrogens (tertiary/aromatic N) is 2. The van der Waals surface area contributed by atoms with Gasteiger partial charge in [-0.15, -0.1) is 6.58 Å². The molecule has 0 atom stereocenters. The van der Waals surface area contributed by atoms with E-state index in [9.17, 15) is 10.5 Å². The number of hydrogen-bond donors (Lipinski definition) is 0. The van der Waals surface area contributed by atoms with Crippen molar-refractivity contribution in [3.8, 4) is 45.9 Å². The van der Waals surface area contributed by atoms with Crippen LogP contribution in [0, 0.1) is 29.6 Å². The summed E-state index contributed by atoms with van der Waals surface area (Å²) in [6.07, 6.45) is 14.7. The van der Waals surface area contributed by atoms with E-state index in [1.54, 1.807) is 0 Å². The normalized spacial score (nSPS) is 11.4. The van der Waals surface area contributed by atoms with Crippen molar-refractivity contribution < 1.29 is 9.47 Å². The average Bonchev–Trinajstić information content (AvgIpc) is 3.03. The van der Waals surface area contributed by atoms with Gasteiger partial charge in [0.1, 0.15) is 23.6 Å².